The van der Waals surface area contributed by atoms with Crippen LogP contribution in [0.4, 0.5) is 23.2 Å². The van der Waals surface area contributed by atoms with Crippen LogP contribution in [0, 0.1) is 5.82 Å². The van der Waals surface area contributed by atoms with E-state index in [1.54, 1.807) is 19.1 Å². The monoisotopic (exact) mass is 361 g/mol. The highest BCUT2D eigenvalue weighted by molar-refractivity contribution is 9.10. The highest BCUT2D eigenvalue weighted by atomic mass is 79.9. The summed E-state index contributed by atoms with van der Waals surface area (Å²) in [6.45, 7) is 1.74. The van der Waals surface area contributed by atoms with Gasteiger partial charge in [-0.05, 0) is 43.3 Å². The molecule has 0 saturated carbocycles. The van der Waals surface area contributed by atoms with Gasteiger partial charge in [0.15, 0.2) is 0 Å². The van der Waals surface area contributed by atoms with Gasteiger partial charge < -0.3 is 5.32 Å². The third-order valence-electron chi connectivity index (χ3n) is 3.02. The molecule has 2 rings (SSSR count). The molecule has 0 aliphatic carbocycles. The fourth-order valence-electron chi connectivity index (χ4n) is 1.94. The van der Waals surface area contributed by atoms with Crippen LogP contribution in [-0.2, 0) is 6.18 Å². The molecule has 1 N–H and O–H groups in total. The summed E-state index contributed by atoms with van der Waals surface area (Å²) >= 11 is 3.17. The van der Waals surface area contributed by atoms with E-state index in [9.17, 15) is 17.6 Å². The standard InChI is InChI=1S/C15H12BrF4N/c1-9(13-7-4-11(16)8-14(13)17)21-12-5-2-10(3-6-12)15(18,19)20/h2-9,21H,1H3. The topological polar surface area (TPSA) is 12.0 Å². The van der Waals surface area contributed by atoms with E-state index in [1.807, 2.05) is 0 Å². The molecule has 6 heteroatoms. The smallest absolute Gasteiger partial charge is 0.378 e. The lowest BCUT2D eigenvalue weighted by Gasteiger charge is -2.17. The number of halogens is 5. The van der Waals surface area contributed by atoms with Gasteiger partial charge in [-0.15, -0.1) is 0 Å². The second-order valence-electron chi connectivity index (χ2n) is 4.61. The van der Waals surface area contributed by atoms with Crippen molar-refractivity contribution in [2.75, 3.05) is 5.32 Å². The summed E-state index contributed by atoms with van der Waals surface area (Å²) < 4.78 is 51.8. The number of nitrogens with one attached hydrogen (secondary N) is 1. The lowest BCUT2D eigenvalue weighted by molar-refractivity contribution is -0.137. The van der Waals surface area contributed by atoms with Gasteiger partial charge in [0.05, 0.1) is 11.6 Å². The highest BCUT2D eigenvalue weighted by Crippen LogP contribution is 2.31. The Morgan fingerprint density at radius 3 is 2.19 bits per heavy atom. The zero-order valence-corrected chi connectivity index (χ0v) is 12.6. The predicted octanol–water partition coefficient (Wildman–Crippen LogP) is 5.78. The minimum absolute atomic E-state index is 0.366. The van der Waals surface area contributed by atoms with Crippen LogP contribution >= 0.6 is 15.9 Å². The summed E-state index contributed by atoms with van der Waals surface area (Å²) in [5.74, 6) is -0.378. The minimum atomic E-state index is -4.36. The quantitative estimate of drug-likeness (QED) is 0.683. The molecule has 2 aromatic carbocycles. The van der Waals surface area contributed by atoms with Gasteiger partial charge in [0.1, 0.15) is 5.82 Å². The fourth-order valence-corrected chi connectivity index (χ4v) is 2.27. The van der Waals surface area contributed by atoms with Gasteiger partial charge in [-0.3, -0.25) is 0 Å². The van der Waals surface area contributed by atoms with Crippen LogP contribution in [0.2, 0.25) is 0 Å². The molecule has 1 atom stereocenters. The second kappa shape index (κ2) is 6.05. The highest BCUT2D eigenvalue weighted by Gasteiger charge is 2.29. The van der Waals surface area contributed by atoms with Gasteiger partial charge in [0.25, 0.3) is 0 Å². The molecule has 0 amide bonds. The van der Waals surface area contributed by atoms with Gasteiger partial charge in [-0.2, -0.15) is 13.2 Å². The van der Waals surface area contributed by atoms with Crippen molar-refractivity contribution in [3.05, 3.63) is 63.9 Å². The minimum Gasteiger partial charge on any atom is -0.378 e. The Morgan fingerprint density at radius 2 is 1.67 bits per heavy atom. The number of hydrogen-bond donors (Lipinski definition) is 1. The molecular weight excluding hydrogens is 350 g/mol. The third kappa shape index (κ3) is 3.97. The average Bonchev–Trinajstić information content (AvgIpc) is 2.38. The molecular formula is C15H12BrF4N. The fraction of sp³-hybridized carbons (Fsp3) is 0.200. The van der Waals surface area contributed by atoms with Crippen LogP contribution in [-0.4, -0.2) is 0 Å². The second-order valence-corrected chi connectivity index (χ2v) is 5.52. The van der Waals surface area contributed by atoms with Crippen molar-refractivity contribution in [1.29, 1.82) is 0 Å². The van der Waals surface area contributed by atoms with Gasteiger partial charge in [-0.25, -0.2) is 4.39 Å². The van der Waals surface area contributed by atoms with Crippen molar-refractivity contribution < 1.29 is 17.6 Å². The van der Waals surface area contributed by atoms with E-state index in [0.29, 0.717) is 15.7 Å². The molecule has 0 bridgehead atoms. The third-order valence-corrected chi connectivity index (χ3v) is 3.52. The first kappa shape index (κ1) is 15.8. The molecule has 21 heavy (non-hydrogen) atoms. The summed E-state index contributed by atoms with van der Waals surface area (Å²) in [5, 5.41) is 2.97. The number of rotatable bonds is 3. The molecule has 2 aromatic rings. The van der Waals surface area contributed by atoms with E-state index < -0.39 is 11.7 Å². The molecule has 0 fully saturated rings. The van der Waals surface area contributed by atoms with Crippen molar-refractivity contribution >= 4 is 21.6 Å². The first-order valence-corrected chi connectivity index (χ1v) is 6.95. The molecule has 0 aliphatic rings. The Labute approximate surface area is 128 Å². The molecule has 0 saturated heterocycles. The molecule has 0 spiro atoms. The summed E-state index contributed by atoms with van der Waals surface area (Å²) in [4.78, 5) is 0. The normalized spacial score (nSPS) is 13.0. The number of alkyl halides is 3. The van der Waals surface area contributed by atoms with Crippen LogP contribution < -0.4 is 5.32 Å². The van der Waals surface area contributed by atoms with Crippen molar-refractivity contribution in [2.24, 2.45) is 0 Å². The number of benzene rings is 2. The van der Waals surface area contributed by atoms with E-state index >= 15 is 0 Å². The Morgan fingerprint density at radius 1 is 1.05 bits per heavy atom. The van der Waals surface area contributed by atoms with Gasteiger partial charge in [0.2, 0.25) is 0 Å². The molecule has 0 aromatic heterocycles. The Kier molecular flexibility index (Phi) is 4.56. The first-order chi connectivity index (χ1) is 9.77. The summed E-state index contributed by atoms with van der Waals surface area (Å²) in [6.07, 6.45) is -4.36. The lowest BCUT2D eigenvalue weighted by atomic mass is 10.1. The molecule has 0 aliphatic heterocycles. The zero-order valence-electron chi connectivity index (χ0n) is 11.0. The van der Waals surface area contributed by atoms with E-state index in [1.165, 1.54) is 18.2 Å². The molecule has 0 radical (unpaired) electrons. The van der Waals surface area contributed by atoms with Crippen LogP contribution in [0.5, 0.6) is 0 Å². The van der Waals surface area contributed by atoms with Crippen LogP contribution in [0.25, 0.3) is 0 Å². The average molecular weight is 362 g/mol. The predicted molar refractivity (Wildman–Crippen MR) is 77.6 cm³/mol. The maximum atomic E-state index is 13.8. The van der Waals surface area contributed by atoms with Crippen LogP contribution in [0.15, 0.2) is 46.9 Å². The Hall–Kier alpha value is -1.56. The maximum Gasteiger partial charge on any atom is 0.416 e. The van der Waals surface area contributed by atoms with E-state index in [4.69, 9.17) is 0 Å². The van der Waals surface area contributed by atoms with Crippen LogP contribution in [0.3, 0.4) is 0 Å². The van der Waals surface area contributed by atoms with Crippen molar-refractivity contribution in [3.63, 3.8) is 0 Å². The lowest BCUT2D eigenvalue weighted by Crippen LogP contribution is -2.09. The summed E-state index contributed by atoms with van der Waals surface area (Å²) in [6, 6.07) is 8.96. The summed E-state index contributed by atoms with van der Waals surface area (Å²) in [7, 11) is 0. The van der Waals surface area contributed by atoms with Crippen LogP contribution in [0.1, 0.15) is 24.1 Å². The Balaban J connectivity index is 2.14. The van der Waals surface area contributed by atoms with Crippen molar-refractivity contribution in [3.8, 4) is 0 Å². The summed E-state index contributed by atoms with van der Waals surface area (Å²) in [5.41, 5.74) is 0.228. The van der Waals surface area contributed by atoms with E-state index in [2.05, 4.69) is 21.2 Å². The van der Waals surface area contributed by atoms with Gasteiger partial charge in [0, 0.05) is 15.7 Å². The van der Waals surface area contributed by atoms with Gasteiger partial charge in [-0.1, -0.05) is 22.0 Å². The first-order valence-electron chi connectivity index (χ1n) is 6.16. The molecule has 1 unspecified atom stereocenters. The van der Waals surface area contributed by atoms with Crippen molar-refractivity contribution in [2.45, 2.75) is 19.1 Å². The van der Waals surface area contributed by atoms with E-state index in [0.717, 1.165) is 12.1 Å². The number of anilines is 1. The maximum absolute atomic E-state index is 13.8. The molecule has 0 heterocycles. The molecule has 112 valence electrons. The van der Waals surface area contributed by atoms with Crippen molar-refractivity contribution in [1.82, 2.24) is 0 Å². The number of hydrogen-bond acceptors (Lipinski definition) is 1. The Bertz CT molecular complexity index is 623. The molecule has 1 nitrogen and oxygen atoms in total. The van der Waals surface area contributed by atoms with Gasteiger partial charge >= 0.3 is 6.18 Å². The largest absolute Gasteiger partial charge is 0.416 e. The van der Waals surface area contributed by atoms with E-state index in [-0.39, 0.29) is 11.9 Å². The zero-order chi connectivity index (χ0) is 15.6. The SMILES string of the molecule is CC(Nc1ccc(C(F)(F)F)cc1)c1ccc(Br)cc1F.